The molecule has 0 aliphatic heterocycles. The van der Waals surface area contributed by atoms with Crippen molar-refractivity contribution in [2.75, 3.05) is 11.1 Å². The average molecular weight is 266 g/mol. The van der Waals surface area contributed by atoms with E-state index in [9.17, 15) is 4.79 Å². The van der Waals surface area contributed by atoms with Crippen LogP contribution in [0.3, 0.4) is 0 Å². The molecule has 0 aliphatic rings. The maximum absolute atomic E-state index is 12.1. The maximum Gasteiger partial charge on any atom is 0.270 e. The summed E-state index contributed by atoms with van der Waals surface area (Å²) in [4.78, 5) is 12.6. The van der Waals surface area contributed by atoms with Crippen LogP contribution >= 0.6 is 11.5 Å². The number of aromatic nitrogens is 4. The van der Waals surface area contributed by atoms with Crippen LogP contribution in [0.2, 0.25) is 0 Å². The van der Waals surface area contributed by atoms with Gasteiger partial charge in [-0.25, -0.2) is 0 Å². The third kappa shape index (κ3) is 2.33. The third-order valence-electron chi connectivity index (χ3n) is 2.31. The molecule has 0 atom stereocenters. The molecule has 0 bridgehead atoms. The monoisotopic (exact) mass is 266 g/mol. The van der Waals surface area contributed by atoms with E-state index in [-0.39, 0.29) is 11.3 Å². The van der Waals surface area contributed by atoms with E-state index < -0.39 is 0 Å². The predicted octanol–water partition coefficient (Wildman–Crippen LogP) is 1.39. The van der Waals surface area contributed by atoms with Crippen LogP contribution in [0, 0.1) is 0 Å². The van der Waals surface area contributed by atoms with Crippen molar-refractivity contribution in [2.24, 2.45) is 0 Å². The number of rotatable bonds is 2. The van der Waals surface area contributed by atoms with Crippen LogP contribution in [-0.2, 0) is 5.41 Å². The molecule has 0 radical (unpaired) electrons. The fourth-order valence-electron chi connectivity index (χ4n) is 1.40. The van der Waals surface area contributed by atoms with Crippen LogP contribution in [0.4, 0.5) is 11.5 Å². The van der Waals surface area contributed by atoms with Crippen molar-refractivity contribution < 1.29 is 4.79 Å². The van der Waals surface area contributed by atoms with E-state index in [0.717, 1.165) is 11.5 Å². The van der Waals surface area contributed by atoms with Gasteiger partial charge in [0.05, 0.1) is 17.6 Å². The lowest BCUT2D eigenvalue weighted by Crippen LogP contribution is -2.20. The molecular formula is C10H14N6OS. The smallest absolute Gasteiger partial charge is 0.270 e. The second kappa shape index (κ2) is 4.37. The number of hydrogen-bond acceptors (Lipinski definition) is 6. The summed E-state index contributed by atoms with van der Waals surface area (Å²) >= 11 is 1.06. The Morgan fingerprint density at radius 3 is 2.78 bits per heavy atom. The minimum atomic E-state index is -0.286. The maximum atomic E-state index is 12.1. The molecule has 18 heavy (non-hydrogen) atoms. The highest BCUT2D eigenvalue weighted by molar-refractivity contribution is 7.08. The molecule has 0 aliphatic carbocycles. The summed E-state index contributed by atoms with van der Waals surface area (Å²) in [5.41, 5.74) is 6.45. The van der Waals surface area contributed by atoms with E-state index in [2.05, 4.69) is 25.1 Å². The standard InChI is InChI=1S/C10H14N6OS/c1-10(2,3)7-6(18-16-14-7)9(17)13-8-5(11)4-12-15-8/h4H,11H2,1-3H3,(H2,12,13,15,17). The van der Waals surface area contributed by atoms with Crippen molar-refractivity contribution in [3.8, 4) is 0 Å². The Hall–Kier alpha value is -1.96. The Kier molecular flexibility index (Phi) is 3.04. The molecule has 0 unspecified atom stereocenters. The highest BCUT2D eigenvalue weighted by Gasteiger charge is 2.26. The van der Waals surface area contributed by atoms with Gasteiger partial charge in [-0.15, -0.1) is 5.10 Å². The van der Waals surface area contributed by atoms with Crippen LogP contribution in [0.5, 0.6) is 0 Å². The van der Waals surface area contributed by atoms with Crippen LogP contribution in [-0.4, -0.2) is 25.7 Å². The van der Waals surface area contributed by atoms with Crippen molar-refractivity contribution >= 4 is 28.9 Å². The van der Waals surface area contributed by atoms with E-state index in [4.69, 9.17) is 5.73 Å². The first-order chi connectivity index (χ1) is 8.39. The van der Waals surface area contributed by atoms with E-state index in [1.165, 1.54) is 6.20 Å². The summed E-state index contributed by atoms with van der Waals surface area (Å²) < 4.78 is 3.84. The highest BCUT2D eigenvalue weighted by Crippen LogP contribution is 2.26. The summed E-state index contributed by atoms with van der Waals surface area (Å²) in [6, 6.07) is 0. The summed E-state index contributed by atoms with van der Waals surface area (Å²) in [5.74, 6) is 0.0964. The molecule has 2 aromatic heterocycles. The van der Waals surface area contributed by atoms with Crippen LogP contribution in [0.1, 0.15) is 36.1 Å². The van der Waals surface area contributed by atoms with Gasteiger partial charge in [0.25, 0.3) is 5.91 Å². The zero-order valence-electron chi connectivity index (χ0n) is 10.3. The molecule has 4 N–H and O–H groups in total. The zero-order valence-corrected chi connectivity index (χ0v) is 11.1. The number of hydrogen-bond donors (Lipinski definition) is 3. The van der Waals surface area contributed by atoms with Gasteiger partial charge in [-0.05, 0) is 11.5 Å². The number of nitrogens with one attached hydrogen (secondary N) is 2. The lowest BCUT2D eigenvalue weighted by molar-refractivity contribution is 0.102. The Balaban J connectivity index is 2.25. The first-order valence-corrected chi connectivity index (χ1v) is 6.10. The molecule has 0 fully saturated rings. The molecule has 0 saturated carbocycles. The Morgan fingerprint density at radius 2 is 2.22 bits per heavy atom. The van der Waals surface area contributed by atoms with Gasteiger partial charge in [0.2, 0.25) is 0 Å². The number of carbonyl (C=O) groups excluding carboxylic acids is 1. The number of nitrogens with two attached hydrogens (primary N) is 1. The van der Waals surface area contributed by atoms with Gasteiger partial charge in [0, 0.05) is 5.41 Å². The first-order valence-electron chi connectivity index (χ1n) is 5.32. The summed E-state index contributed by atoms with van der Waals surface area (Å²) in [7, 11) is 0. The molecule has 2 aromatic rings. The fourth-order valence-corrected chi connectivity index (χ4v) is 2.17. The second-order valence-corrected chi connectivity index (χ2v) is 5.61. The number of nitrogen functional groups attached to an aromatic ring is 1. The molecule has 0 aromatic carbocycles. The number of anilines is 2. The molecule has 7 nitrogen and oxygen atoms in total. The van der Waals surface area contributed by atoms with Crippen LogP contribution < -0.4 is 11.1 Å². The number of aromatic amines is 1. The largest absolute Gasteiger partial charge is 0.394 e. The minimum Gasteiger partial charge on any atom is -0.394 e. The number of amides is 1. The van der Waals surface area contributed by atoms with Crippen LogP contribution in [0.25, 0.3) is 0 Å². The quantitative estimate of drug-likeness (QED) is 0.761. The summed E-state index contributed by atoms with van der Waals surface area (Å²) in [6.45, 7) is 5.93. The molecular weight excluding hydrogens is 252 g/mol. The van der Waals surface area contributed by atoms with Crippen molar-refractivity contribution in [3.05, 3.63) is 16.8 Å². The molecule has 0 saturated heterocycles. The van der Waals surface area contributed by atoms with Crippen molar-refractivity contribution in [3.63, 3.8) is 0 Å². The predicted molar refractivity (Wildman–Crippen MR) is 69.6 cm³/mol. The summed E-state index contributed by atoms with van der Waals surface area (Å²) in [6.07, 6.45) is 1.44. The van der Waals surface area contributed by atoms with Gasteiger partial charge in [0.15, 0.2) is 5.82 Å². The van der Waals surface area contributed by atoms with Gasteiger partial charge in [0.1, 0.15) is 4.88 Å². The van der Waals surface area contributed by atoms with E-state index in [1.54, 1.807) is 0 Å². The number of carbonyl (C=O) groups is 1. The van der Waals surface area contributed by atoms with Crippen molar-refractivity contribution in [2.45, 2.75) is 26.2 Å². The normalized spacial score (nSPS) is 11.5. The van der Waals surface area contributed by atoms with Gasteiger partial charge in [-0.2, -0.15) is 5.10 Å². The second-order valence-electron chi connectivity index (χ2n) is 4.86. The SMILES string of the molecule is CC(C)(C)c1nnsc1C(=O)Nc1[nH]ncc1N. The lowest BCUT2D eigenvalue weighted by Gasteiger charge is -2.15. The summed E-state index contributed by atoms with van der Waals surface area (Å²) in [5, 5.41) is 13.0. The Morgan fingerprint density at radius 1 is 1.50 bits per heavy atom. The molecule has 2 rings (SSSR count). The van der Waals surface area contributed by atoms with Crippen molar-refractivity contribution in [1.29, 1.82) is 0 Å². The van der Waals surface area contributed by atoms with Crippen LogP contribution in [0.15, 0.2) is 6.20 Å². The third-order valence-corrected chi connectivity index (χ3v) is 3.04. The van der Waals surface area contributed by atoms with Gasteiger partial charge in [-0.3, -0.25) is 9.89 Å². The molecule has 1 amide bonds. The number of H-pyrrole nitrogens is 1. The van der Waals surface area contributed by atoms with E-state index >= 15 is 0 Å². The number of nitrogens with zero attached hydrogens (tertiary/aromatic N) is 3. The van der Waals surface area contributed by atoms with E-state index in [1.807, 2.05) is 20.8 Å². The van der Waals surface area contributed by atoms with Gasteiger partial charge in [-0.1, -0.05) is 25.3 Å². The first kappa shape index (κ1) is 12.5. The molecule has 8 heteroatoms. The topological polar surface area (TPSA) is 110 Å². The van der Waals surface area contributed by atoms with Gasteiger partial charge < -0.3 is 11.1 Å². The molecule has 2 heterocycles. The highest BCUT2D eigenvalue weighted by atomic mass is 32.1. The van der Waals surface area contributed by atoms with Crippen molar-refractivity contribution in [1.82, 2.24) is 19.8 Å². The average Bonchev–Trinajstić information content (AvgIpc) is 2.86. The van der Waals surface area contributed by atoms with E-state index in [0.29, 0.717) is 22.1 Å². The Labute approximate surface area is 108 Å². The van der Waals surface area contributed by atoms with Gasteiger partial charge >= 0.3 is 0 Å². The molecule has 96 valence electrons. The minimum absolute atomic E-state index is 0.237. The Bertz CT molecular complexity index is 567. The zero-order chi connectivity index (χ0) is 13.3. The lowest BCUT2D eigenvalue weighted by atomic mass is 9.91. The molecule has 0 spiro atoms. The fraction of sp³-hybridized carbons (Fsp3) is 0.400.